The molecule has 26 heavy (non-hydrogen) atoms. The van der Waals surface area contributed by atoms with Crippen LogP contribution >= 0.6 is 0 Å². The molecular weight excluding hydrogens is 326 g/mol. The van der Waals surface area contributed by atoms with Crippen molar-refractivity contribution in [1.82, 2.24) is 10.9 Å². The fourth-order valence-corrected chi connectivity index (χ4v) is 2.49. The summed E-state index contributed by atoms with van der Waals surface area (Å²) in [6.45, 7) is 3.77. The molecule has 5 nitrogen and oxygen atoms in total. The molecule has 0 aliphatic rings. The molecule has 5 heteroatoms. The maximum Gasteiger partial charge on any atom is 0.250 e. The van der Waals surface area contributed by atoms with Gasteiger partial charge in [-0.1, -0.05) is 55.5 Å². The van der Waals surface area contributed by atoms with Crippen LogP contribution in [-0.4, -0.2) is 11.8 Å². The predicted molar refractivity (Wildman–Crippen MR) is 104 cm³/mol. The molecule has 0 saturated carbocycles. The quantitative estimate of drug-likeness (QED) is 0.505. The molecule has 0 unspecified atom stereocenters. The van der Waals surface area contributed by atoms with Gasteiger partial charge in [-0.2, -0.15) is 0 Å². The highest BCUT2D eigenvalue weighted by Crippen LogP contribution is 2.15. The van der Waals surface area contributed by atoms with E-state index in [1.807, 2.05) is 61.5 Å². The van der Waals surface area contributed by atoms with Crippen molar-refractivity contribution in [3.63, 3.8) is 0 Å². The fraction of sp³-hybridized carbons (Fsp3) is 0.238. The molecular formula is C21H25N3O2. The molecule has 0 aliphatic heterocycles. The maximum absolute atomic E-state index is 12.1. The zero-order chi connectivity index (χ0) is 18.8. The summed E-state index contributed by atoms with van der Waals surface area (Å²) in [5.41, 5.74) is 8.93. The van der Waals surface area contributed by atoms with Gasteiger partial charge in [-0.25, -0.2) is 0 Å². The molecule has 2 aromatic carbocycles. The van der Waals surface area contributed by atoms with Gasteiger partial charge in [0.2, 0.25) is 11.8 Å². The molecule has 0 bridgehead atoms. The van der Waals surface area contributed by atoms with Crippen LogP contribution in [0, 0.1) is 0 Å². The van der Waals surface area contributed by atoms with Crippen LogP contribution in [0.4, 0.5) is 5.69 Å². The van der Waals surface area contributed by atoms with Gasteiger partial charge in [-0.05, 0) is 37.0 Å². The smallest absolute Gasteiger partial charge is 0.250 e. The molecule has 136 valence electrons. The standard InChI is InChI=1S/C21H25N3O2/c1-3-18-11-7-8-12-19(18)22-21(26)15-16(2)23-24-20(25)14-13-17-9-5-4-6-10-17/h4-12,15,23H,3,13-14H2,1-2H3,(H,22,26)(H,24,25). The largest absolute Gasteiger partial charge is 0.322 e. The molecule has 0 heterocycles. The van der Waals surface area contributed by atoms with Crippen LogP contribution in [0.15, 0.2) is 66.4 Å². The van der Waals surface area contributed by atoms with E-state index < -0.39 is 0 Å². The topological polar surface area (TPSA) is 70.2 Å². The SMILES string of the molecule is CCc1ccccc1NC(=O)C=C(C)NNC(=O)CCc1ccccc1. The minimum Gasteiger partial charge on any atom is -0.322 e. The summed E-state index contributed by atoms with van der Waals surface area (Å²) < 4.78 is 0. The lowest BCUT2D eigenvalue weighted by Gasteiger charge is -2.10. The lowest BCUT2D eigenvalue weighted by Crippen LogP contribution is -2.36. The minimum absolute atomic E-state index is 0.127. The van der Waals surface area contributed by atoms with E-state index in [1.165, 1.54) is 6.08 Å². The molecule has 0 aromatic heterocycles. The van der Waals surface area contributed by atoms with Gasteiger partial charge in [0.25, 0.3) is 0 Å². The lowest BCUT2D eigenvalue weighted by molar-refractivity contribution is -0.122. The van der Waals surface area contributed by atoms with Crippen molar-refractivity contribution in [2.75, 3.05) is 5.32 Å². The molecule has 2 amide bonds. The van der Waals surface area contributed by atoms with Gasteiger partial charge in [0.15, 0.2) is 0 Å². The van der Waals surface area contributed by atoms with Crippen LogP contribution in [0.2, 0.25) is 0 Å². The summed E-state index contributed by atoms with van der Waals surface area (Å²) in [6.07, 6.45) is 3.31. The molecule has 3 N–H and O–H groups in total. The first kappa shape index (κ1) is 19.2. The molecule has 0 saturated heterocycles. The lowest BCUT2D eigenvalue weighted by atomic mass is 10.1. The van der Waals surface area contributed by atoms with Gasteiger partial charge in [0.1, 0.15) is 0 Å². The van der Waals surface area contributed by atoms with Crippen LogP contribution in [0.1, 0.15) is 31.4 Å². The number of benzene rings is 2. The Hall–Kier alpha value is -3.08. The zero-order valence-electron chi connectivity index (χ0n) is 15.2. The fourth-order valence-electron chi connectivity index (χ4n) is 2.49. The summed E-state index contributed by atoms with van der Waals surface area (Å²) in [6, 6.07) is 17.5. The number of carbonyl (C=O) groups is 2. The number of aryl methyl sites for hydroxylation is 2. The maximum atomic E-state index is 12.1. The average molecular weight is 351 g/mol. The monoisotopic (exact) mass is 351 g/mol. The molecule has 0 spiro atoms. The van der Waals surface area contributed by atoms with Crippen LogP contribution in [0.3, 0.4) is 0 Å². The Morgan fingerprint density at radius 3 is 2.38 bits per heavy atom. The first-order chi connectivity index (χ1) is 12.6. The molecule has 0 radical (unpaired) electrons. The van der Waals surface area contributed by atoms with Crippen molar-refractivity contribution in [1.29, 1.82) is 0 Å². The predicted octanol–water partition coefficient (Wildman–Crippen LogP) is 3.34. The second kappa shape index (κ2) is 10.0. The van der Waals surface area contributed by atoms with E-state index in [9.17, 15) is 9.59 Å². The third kappa shape index (κ3) is 6.43. The van der Waals surface area contributed by atoms with E-state index in [4.69, 9.17) is 0 Å². The summed E-state index contributed by atoms with van der Waals surface area (Å²) >= 11 is 0. The Morgan fingerprint density at radius 1 is 0.962 bits per heavy atom. The number of para-hydroxylation sites is 1. The van der Waals surface area contributed by atoms with E-state index >= 15 is 0 Å². The van der Waals surface area contributed by atoms with E-state index in [-0.39, 0.29) is 11.8 Å². The first-order valence-electron chi connectivity index (χ1n) is 8.74. The normalized spacial score (nSPS) is 10.9. The second-order valence-corrected chi connectivity index (χ2v) is 5.99. The Labute approximate surface area is 154 Å². The van der Waals surface area contributed by atoms with Gasteiger partial charge in [-0.15, -0.1) is 0 Å². The summed E-state index contributed by atoms with van der Waals surface area (Å²) in [5.74, 6) is -0.368. The van der Waals surface area contributed by atoms with E-state index in [2.05, 4.69) is 16.2 Å². The van der Waals surface area contributed by atoms with Gasteiger partial charge in [0, 0.05) is 23.9 Å². The van der Waals surface area contributed by atoms with Crippen LogP contribution in [0.25, 0.3) is 0 Å². The number of allylic oxidation sites excluding steroid dienone is 1. The number of hydrogen-bond acceptors (Lipinski definition) is 3. The van der Waals surface area contributed by atoms with Gasteiger partial charge in [0.05, 0.1) is 0 Å². The van der Waals surface area contributed by atoms with Crippen LogP contribution < -0.4 is 16.2 Å². The third-order valence-electron chi connectivity index (χ3n) is 3.89. The zero-order valence-corrected chi connectivity index (χ0v) is 15.2. The Bertz CT molecular complexity index is 770. The number of nitrogens with one attached hydrogen (secondary N) is 3. The Kier molecular flexibility index (Phi) is 7.43. The molecule has 0 fully saturated rings. The van der Waals surface area contributed by atoms with E-state index in [0.717, 1.165) is 23.2 Å². The van der Waals surface area contributed by atoms with Crippen LogP contribution in [0.5, 0.6) is 0 Å². The molecule has 0 atom stereocenters. The highest BCUT2D eigenvalue weighted by atomic mass is 16.2. The average Bonchev–Trinajstić information content (AvgIpc) is 2.66. The number of carbonyl (C=O) groups excluding carboxylic acids is 2. The number of rotatable bonds is 8. The minimum atomic E-state index is -0.241. The molecule has 0 aliphatic carbocycles. The van der Waals surface area contributed by atoms with Gasteiger partial charge < -0.3 is 10.7 Å². The van der Waals surface area contributed by atoms with Crippen LogP contribution in [-0.2, 0) is 22.4 Å². The summed E-state index contributed by atoms with van der Waals surface area (Å²) in [4.78, 5) is 24.0. The summed E-state index contributed by atoms with van der Waals surface area (Å²) in [7, 11) is 0. The van der Waals surface area contributed by atoms with Gasteiger partial charge >= 0.3 is 0 Å². The first-order valence-corrected chi connectivity index (χ1v) is 8.74. The van der Waals surface area contributed by atoms with Crippen molar-refractivity contribution < 1.29 is 9.59 Å². The Balaban J connectivity index is 1.78. The van der Waals surface area contributed by atoms with Crippen molar-refractivity contribution >= 4 is 17.5 Å². The van der Waals surface area contributed by atoms with Crippen molar-refractivity contribution in [2.24, 2.45) is 0 Å². The summed E-state index contributed by atoms with van der Waals surface area (Å²) in [5, 5.41) is 2.86. The highest BCUT2D eigenvalue weighted by Gasteiger charge is 2.05. The highest BCUT2D eigenvalue weighted by molar-refractivity contribution is 6.00. The van der Waals surface area contributed by atoms with E-state index in [0.29, 0.717) is 18.5 Å². The van der Waals surface area contributed by atoms with E-state index in [1.54, 1.807) is 6.92 Å². The van der Waals surface area contributed by atoms with Crippen molar-refractivity contribution in [2.45, 2.75) is 33.1 Å². The number of anilines is 1. The number of hydrogen-bond donors (Lipinski definition) is 3. The van der Waals surface area contributed by atoms with Gasteiger partial charge in [-0.3, -0.25) is 15.0 Å². The molecule has 2 rings (SSSR count). The van der Waals surface area contributed by atoms with Crippen molar-refractivity contribution in [3.05, 3.63) is 77.5 Å². The molecule has 2 aromatic rings. The third-order valence-corrected chi connectivity index (χ3v) is 3.89. The Morgan fingerprint density at radius 2 is 1.65 bits per heavy atom. The van der Waals surface area contributed by atoms with Crippen molar-refractivity contribution in [3.8, 4) is 0 Å². The number of hydrazine groups is 1. The number of amides is 2. The second-order valence-electron chi connectivity index (χ2n) is 5.99.